The third kappa shape index (κ3) is 6.40. The van der Waals surface area contributed by atoms with Crippen LogP contribution in [-0.4, -0.2) is 86.2 Å². The summed E-state index contributed by atoms with van der Waals surface area (Å²) in [6, 6.07) is 7.68. The molecule has 2 aromatic heterocycles. The Bertz CT molecular complexity index is 1520. The number of pyridine rings is 1. The molecule has 13 heteroatoms. The van der Waals surface area contributed by atoms with E-state index in [0.29, 0.717) is 42.4 Å². The van der Waals surface area contributed by atoms with E-state index >= 15 is 0 Å². The molecule has 2 bridgehead atoms. The number of carbonyl (C=O) groups is 1. The monoisotopic (exact) mass is 617 g/mol. The topological polar surface area (TPSA) is 189 Å². The van der Waals surface area contributed by atoms with E-state index in [0.717, 1.165) is 56.1 Å². The molecular formula is C31H40N9O3P. The lowest BCUT2D eigenvalue weighted by Crippen LogP contribution is -2.61. The summed E-state index contributed by atoms with van der Waals surface area (Å²) in [5.74, 6) is 5.89. The number of ether oxygens (including phenoxy) is 1. The summed E-state index contributed by atoms with van der Waals surface area (Å²) in [6.07, 6.45) is 11.2. The van der Waals surface area contributed by atoms with E-state index in [-0.39, 0.29) is 28.4 Å². The van der Waals surface area contributed by atoms with Crippen molar-refractivity contribution in [2.24, 2.45) is 15.9 Å². The number of nitrogens with zero attached hydrogens (tertiary/aromatic N) is 5. The molecule has 0 radical (unpaired) electrons. The van der Waals surface area contributed by atoms with Gasteiger partial charge in [0.15, 0.2) is 0 Å². The number of nitriles is 1. The smallest absolute Gasteiger partial charge is 0.410 e. The average Bonchev–Trinajstić information content (AvgIpc) is 3.68. The lowest BCUT2D eigenvalue weighted by Gasteiger charge is -2.56. The van der Waals surface area contributed by atoms with Crippen molar-refractivity contribution in [2.45, 2.75) is 74.7 Å². The minimum atomic E-state index is -0.906. The average molecular weight is 618 g/mol. The van der Waals surface area contributed by atoms with E-state index in [4.69, 9.17) is 21.0 Å². The zero-order valence-electron chi connectivity index (χ0n) is 25.1. The van der Waals surface area contributed by atoms with Gasteiger partial charge in [-0.05, 0) is 76.6 Å². The van der Waals surface area contributed by atoms with Crippen LogP contribution in [0.3, 0.4) is 0 Å². The normalized spacial score (nSPS) is 24.8. The van der Waals surface area contributed by atoms with Crippen molar-refractivity contribution < 1.29 is 14.6 Å². The van der Waals surface area contributed by atoms with Gasteiger partial charge in [-0.3, -0.25) is 14.9 Å². The van der Waals surface area contributed by atoms with E-state index in [1.807, 2.05) is 29.2 Å². The highest BCUT2D eigenvalue weighted by Crippen LogP contribution is 2.52. The zero-order chi connectivity index (χ0) is 31.5. The summed E-state index contributed by atoms with van der Waals surface area (Å²) < 4.78 is 5.27. The number of aliphatic imine (C=N–C) groups is 1. The molecule has 44 heavy (non-hydrogen) atoms. The van der Waals surface area contributed by atoms with Crippen LogP contribution in [0.4, 0.5) is 10.5 Å². The third-order valence-electron chi connectivity index (χ3n) is 9.26. The molecule has 3 heterocycles. The number of hydrogen-bond acceptors (Lipinski definition) is 10. The van der Waals surface area contributed by atoms with Gasteiger partial charge in [-0.1, -0.05) is 0 Å². The van der Waals surface area contributed by atoms with Gasteiger partial charge in [-0.2, -0.15) is 10.4 Å². The van der Waals surface area contributed by atoms with Crippen molar-refractivity contribution in [3.63, 3.8) is 0 Å². The predicted octanol–water partition coefficient (Wildman–Crippen LogP) is 4.09. The fourth-order valence-electron chi connectivity index (χ4n) is 6.35. The van der Waals surface area contributed by atoms with Crippen LogP contribution in [0.25, 0.3) is 17.5 Å². The first-order valence-electron chi connectivity index (χ1n) is 14.8. The molecule has 4 fully saturated rings. The molecule has 3 aliphatic carbocycles. The first-order valence-corrected chi connectivity index (χ1v) is 15.5. The lowest BCUT2D eigenvalue weighted by molar-refractivity contribution is 0.0152. The summed E-state index contributed by atoms with van der Waals surface area (Å²) in [4.78, 5) is 26.9. The van der Waals surface area contributed by atoms with Crippen LogP contribution >= 0.6 is 9.24 Å². The van der Waals surface area contributed by atoms with Crippen molar-refractivity contribution in [2.75, 3.05) is 25.0 Å². The Kier molecular flexibility index (Phi) is 8.91. The molecule has 2 aromatic rings. The van der Waals surface area contributed by atoms with Crippen LogP contribution in [0.15, 0.2) is 40.1 Å². The minimum absolute atomic E-state index is 0.137. The number of amides is 1. The first kappa shape index (κ1) is 31.4. The highest BCUT2D eigenvalue weighted by molar-refractivity contribution is 7.17. The number of cyclic esters (lactones) is 1. The van der Waals surface area contributed by atoms with Gasteiger partial charge in [0.05, 0.1) is 29.1 Å². The molecule has 6 rings (SSSR count). The van der Waals surface area contributed by atoms with E-state index in [1.165, 1.54) is 0 Å². The van der Waals surface area contributed by atoms with Gasteiger partial charge in [-0.15, -0.1) is 9.24 Å². The maximum absolute atomic E-state index is 12.4. The molecule has 4 aliphatic rings. The molecule has 1 saturated heterocycles. The minimum Gasteiger partial charge on any atom is -0.448 e. The second-order valence-electron chi connectivity index (χ2n) is 12.5. The zero-order valence-corrected chi connectivity index (χ0v) is 26.3. The molecule has 0 spiro atoms. The number of aliphatic hydroxyl groups is 1. The van der Waals surface area contributed by atoms with Crippen molar-refractivity contribution in [3.8, 4) is 17.5 Å². The SMILES string of the molecule is CC(C)(O)C(P)CN=CC(=NN)c1cnc(-c2ccc(/C=C(/C#N)C=N)[nH]2)cc1NC12CCC(N3CCOC3=O)(CC1)CC2. The second-order valence-corrected chi connectivity index (χ2v) is 13.3. The van der Waals surface area contributed by atoms with Crippen molar-refractivity contribution in [1.29, 1.82) is 10.7 Å². The van der Waals surface area contributed by atoms with Gasteiger partial charge in [-0.25, -0.2) is 4.79 Å². The van der Waals surface area contributed by atoms with Gasteiger partial charge in [0.1, 0.15) is 18.4 Å². The van der Waals surface area contributed by atoms with Crippen molar-refractivity contribution in [3.05, 3.63) is 41.2 Å². The molecule has 6 N–H and O–H groups in total. The van der Waals surface area contributed by atoms with Gasteiger partial charge in [0, 0.05) is 58.9 Å². The Morgan fingerprint density at radius 2 is 2.09 bits per heavy atom. The fraction of sp³-hybridized carbons (Fsp3) is 0.484. The first-order chi connectivity index (χ1) is 21.0. The Balaban J connectivity index is 1.45. The summed E-state index contributed by atoms with van der Waals surface area (Å²) in [7, 11) is 2.63. The number of hydrogen-bond donors (Lipinski definition) is 5. The highest BCUT2D eigenvalue weighted by Gasteiger charge is 2.54. The highest BCUT2D eigenvalue weighted by atomic mass is 31.0. The molecule has 3 saturated carbocycles. The molecule has 12 nitrogen and oxygen atoms in total. The third-order valence-corrected chi connectivity index (χ3v) is 10.3. The number of fused-ring (bicyclic) bond motifs is 3. The number of carbonyl (C=O) groups excluding carboxylic acids is 1. The molecular weight excluding hydrogens is 577 g/mol. The summed E-state index contributed by atoms with van der Waals surface area (Å²) in [5, 5.41) is 34.8. The van der Waals surface area contributed by atoms with Crippen LogP contribution in [-0.2, 0) is 4.74 Å². The number of aromatic amines is 1. The molecule has 1 amide bonds. The van der Waals surface area contributed by atoms with E-state index in [2.05, 4.69) is 29.6 Å². The van der Waals surface area contributed by atoms with E-state index < -0.39 is 5.60 Å². The number of nitrogens with two attached hydrogens (primary N) is 1. The standard InChI is InChI=1S/C31H40N9O3P/c1-29(2,42)27(44)19-35-18-26(39-34)22-17-36-25(23-4-3-21(37-23)13-20(15-32)16-33)14-24(22)38-30-5-8-31(9-6-30,10-7-30)40-11-12-43-28(40)41/h3-4,13-15,17-18,27,32,37,42H,5-12,19,34,44H2,1-2H3,(H,36,38)/b20-13+,32-15?,35-18?,39-26?. The molecule has 2 unspecified atom stereocenters. The second kappa shape index (κ2) is 12.5. The number of hydrazone groups is 1. The van der Waals surface area contributed by atoms with E-state index in [9.17, 15) is 15.2 Å². The Morgan fingerprint density at radius 3 is 2.68 bits per heavy atom. The number of rotatable bonds is 11. The Hall–Kier alpha value is -4.07. The molecule has 2 atom stereocenters. The van der Waals surface area contributed by atoms with Crippen molar-refractivity contribution in [1.82, 2.24) is 14.9 Å². The van der Waals surface area contributed by atoms with Crippen LogP contribution in [0.1, 0.15) is 63.6 Å². The number of anilines is 1. The lowest BCUT2D eigenvalue weighted by atomic mass is 9.60. The van der Waals surface area contributed by atoms with Gasteiger partial charge in [0.2, 0.25) is 0 Å². The number of nitrogens with one attached hydrogen (secondary N) is 3. The Labute approximate surface area is 259 Å². The molecule has 1 aliphatic heterocycles. The fourth-order valence-corrected chi connectivity index (χ4v) is 6.47. The maximum Gasteiger partial charge on any atom is 0.410 e. The number of allylic oxidation sites excluding steroid dienone is 1. The van der Waals surface area contributed by atoms with Crippen molar-refractivity contribution >= 4 is 45.2 Å². The quantitative estimate of drug-likeness (QED) is 0.0825. The van der Waals surface area contributed by atoms with E-state index in [1.54, 1.807) is 32.3 Å². The Morgan fingerprint density at radius 1 is 1.36 bits per heavy atom. The molecule has 232 valence electrons. The number of aromatic nitrogens is 2. The van der Waals surface area contributed by atoms with Gasteiger partial charge < -0.3 is 31.4 Å². The van der Waals surface area contributed by atoms with Gasteiger partial charge >= 0.3 is 6.09 Å². The summed E-state index contributed by atoms with van der Waals surface area (Å²) >= 11 is 0. The number of H-pyrrole nitrogens is 1. The van der Waals surface area contributed by atoms with Crippen LogP contribution in [0.5, 0.6) is 0 Å². The summed E-state index contributed by atoms with van der Waals surface area (Å²) in [6.45, 7) is 4.96. The van der Waals surface area contributed by atoms with Crippen LogP contribution in [0.2, 0.25) is 0 Å². The predicted molar refractivity (Wildman–Crippen MR) is 175 cm³/mol. The van der Waals surface area contributed by atoms with Gasteiger partial charge in [0.25, 0.3) is 0 Å². The summed E-state index contributed by atoms with van der Waals surface area (Å²) in [5.41, 5.74) is 2.95. The van der Waals surface area contributed by atoms with Crippen LogP contribution < -0.4 is 11.2 Å². The van der Waals surface area contributed by atoms with Crippen LogP contribution in [0, 0.1) is 16.7 Å². The largest absolute Gasteiger partial charge is 0.448 e. The maximum atomic E-state index is 12.4. The molecule has 0 aromatic carbocycles.